The van der Waals surface area contributed by atoms with Crippen LogP contribution in [0.1, 0.15) is 41.0 Å². The molecule has 1 aliphatic heterocycles. The first-order valence-corrected chi connectivity index (χ1v) is 7.42. The summed E-state index contributed by atoms with van der Waals surface area (Å²) >= 11 is 6.10. The Labute approximate surface area is 132 Å². The third kappa shape index (κ3) is 2.84. The van der Waals surface area contributed by atoms with Crippen LogP contribution < -0.4 is 5.32 Å². The van der Waals surface area contributed by atoms with Gasteiger partial charge in [0.15, 0.2) is 11.5 Å². The molecule has 3 rings (SSSR count). The number of nitrogens with one attached hydrogen (secondary N) is 2. The summed E-state index contributed by atoms with van der Waals surface area (Å²) in [4.78, 5) is 16.2. The molecule has 8 nitrogen and oxygen atoms in total. The van der Waals surface area contributed by atoms with Crippen molar-refractivity contribution in [3.05, 3.63) is 28.6 Å². The summed E-state index contributed by atoms with van der Waals surface area (Å²) in [6, 6.07) is 0. The number of hydrogen-bond acceptors (Lipinski definition) is 5. The number of carbonyl (C=O) groups excluding carboxylic acids is 1. The molecule has 2 N–H and O–H groups in total. The van der Waals surface area contributed by atoms with E-state index in [0.717, 1.165) is 24.4 Å². The summed E-state index contributed by atoms with van der Waals surface area (Å²) in [6.45, 7) is 2.23. The van der Waals surface area contributed by atoms with Gasteiger partial charge in [0.2, 0.25) is 0 Å². The Morgan fingerprint density at radius 1 is 1.59 bits per heavy atom. The number of hydrogen-bond donors (Lipinski definition) is 2. The number of H-pyrrole nitrogens is 1. The van der Waals surface area contributed by atoms with Crippen LogP contribution in [0.25, 0.3) is 0 Å². The Bertz CT molecular complexity index is 668. The first kappa shape index (κ1) is 15.0. The van der Waals surface area contributed by atoms with Gasteiger partial charge in [-0.25, -0.2) is 4.98 Å². The van der Waals surface area contributed by atoms with Gasteiger partial charge in [0.1, 0.15) is 12.4 Å². The molecule has 0 aromatic carbocycles. The number of carbonyl (C=O) groups is 1. The molecule has 118 valence electrons. The van der Waals surface area contributed by atoms with Crippen LogP contribution in [0, 0.1) is 6.92 Å². The third-order valence-corrected chi connectivity index (χ3v) is 4.27. The highest BCUT2D eigenvalue weighted by Gasteiger charge is 2.29. The third-order valence-electron chi connectivity index (χ3n) is 3.81. The molecule has 2 aromatic rings. The molecule has 9 heteroatoms. The maximum Gasteiger partial charge on any atom is 0.273 e. The Hall–Kier alpha value is -1.93. The fourth-order valence-electron chi connectivity index (χ4n) is 2.44. The lowest BCUT2D eigenvalue weighted by Gasteiger charge is -2.12. The van der Waals surface area contributed by atoms with Crippen LogP contribution in [0.2, 0.25) is 5.02 Å². The number of nitrogens with zero attached hydrogens (tertiary/aromatic N) is 4. The minimum Gasteiger partial charge on any atom is -0.365 e. The van der Waals surface area contributed by atoms with Crippen molar-refractivity contribution >= 4 is 17.5 Å². The van der Waals surface area contributed by atoms with E-state index >= 15 is 0 Å². The van der Waals surface area contributed by atoms with Gasteiger partial charge in [-0.2, -0.15) is 10.2 Å². The molecular formula is C13H17ClN6O2. The summed E-state index contributed by atoms with van der Waals surface area (Å²) in [5.41, 5.74) is 1.00. The van der Waals surface area contributed by atoms with E-state index in [1.807, 2.05) is 6.92 Å². The van der Waals surface area contributed by atoms with E-state index in [1.54, 1.807) is 11.7 Å². The Morgan fingerprint density at radius 3 is 3.05 bits per heavy atom. The second kappa shape index (κ2) is 6.05. The number of rotatable bonds is 4. The predicted octanol–water partition coefficient (Wildman–Crippen LogP) is 1.15. The van der Waals surface area contributed by atoms with Crippen molar-refractivity contribution in [1.82, 2.24) is 30.3 Å². The quantitative estimate of drug-likeness (QED) is 0.879. The van der Waals surface area contributed by atoms with Crippen LogP contribution in [0.3, 0.4) is 0 Å². The van der Waals surface area contributed by atoms with Crippen molar-refractivity contribution in [2.45, 2.75) is 32.0 Å². The fraction of sp³-hybridized carbons (Fsp3) is 0.538. The molecule has 0 bridgehead atoms. The molecule has 2 atom stereocenters. The molecule has 0 unspecified atom stereocenters. The standard InChI is InChI=1S/C13H17ClN6O2/c1-7-10(14)11(19-20(7)2)13(21)15-5-8-3-4-9(22-8)12-16-6-17-18-12/h6,8-9H,3-5H2,1-2H3,(H,15,21)(H,16,17,18)/t8-,9+/m1/s1. The van der Waals surface area contributed by atoms with Gasteiger partial charge in [-0.1, -0.05) is 11.6 Å². The van der Waals surface area contributed by atoms with Crippen LogP contribution in [0.4, 0.5) is 0 Å². The molecule has 1 aliphatic rings. The van der Waals surface area contributed by atoms with Gasteiger partial charge in [-0.15, -0.1) is 0 Å². The van der Waals surface area contributed by atoms with Gasteiger partial charge in [-0.3, -0.25) is 14.6 Å². The van der Waals surface area contributed by atoms with E-state index < -0.39 is 0 Å². The van der Waals surface area contributed by atoms with Crippen molar-refractivity contribution in [3.63, 3.8) is 0 Å². The van der Waals surface area contributed by atoms with Crippen LogP contribution in [-0.4, -0.2) is 43.5 Å². The summed E-state index contributed by atoms with van der Waals surface area (Å²) < 4.78 is 7.43. The van der Waals surface area contributed by atoms with Gasteiger partial charge in [0.25, 0.3) is 5.91 Å². The van der Waals surface area contributed by atoms with Crippen LogP contribution in [0.15, 0.2) is 6.33 Å². The van der Waals surface area contributed by atoms with Gasteiger partial charge in [0.05, 0.1) is 16.8 Å². The summed E-state index contributed by atoms with van der Waals surface area (Å²) in [5.74, 6) is 0.428. The van der Waals surface area contributed by atoms with E-state index in [-0.39, 0.29) is 23.8 Å². The van der Waals surface area contributed by atoms with Crippen LogP contribution in [-0.2, 0) is 11.8 Å². The summed E-state index contributed by atoms with van der Waals surface area (Å²) in [5, 5.41) is 13.9. The highest BCUT2D eigenvalue weighted by atomic mass is 35.5. The Kier molecular flexibility index (Phi) is 4.12. The number of aromatic amines is 1. The van der Waals surface area contributed by atoms with E-state index in [4.69, 9.17) is 16.3 Å². The molecule has 0 aliphatic carbocycles. The second-order valence-corrected chi connectivity index (χ2v) is 5.65. The lowest BCUT2D eigenvalue weighted by molar-refractivity contribution is 0.0392. The van der Waals surface area contributed by atoms with E-state index in [0.29, 0.717) is 11.6 Å². The van der Waals surface area contributed by atoms with Crippen molar-refractivity contribution in [2.24, 2.45) is 7.05 Å². The molecule has 3 heterocycles. The predicted molar refractivity (Wildman–Crippen MR) is 78.5 cm³/mol. The van der Waals surface area contributed by atoms with Crippen LogP contribution >= 0.6 is 11.6 Å². The molecule has 0 radical (unpaired) electrons. The van der Waals surface area contributed by atoms with Crippen LogP contribution in [0.5, 0.6) is 0 Å². The first-order valence-electron chi connectivity index (χ1n) is 7.04. The molecule has 1 amide bonds. The van der Waals surface area contributed by atoms with Crippen molar-refractivity contribution in [3.8, 4) is 0 Å². The summed E-state index contributed by atoms with van der Waals surface area (Å²) in [7, 11) is 1.75. The summed E-state index contributed by atoms with van der Waals surface area (Å²) in [6.07, 6.45) is 3.01. The monoisotopic (exact) mass is 324 g/mol. The SMILES string of the molecule is Cc1c(Cl)c(C(=O)NC[C@H]2CC[C@@H](c3ncn[nH]3)O2)nn1C. The number of aryl methyl sites for hydroxylation is 1. The molecule has 0 spiro atoms. The first-order chi connectivity index (χ1) is 10.6. The van der Waals surface area contributed by atoms with E-state index in [2.05, 4.69) is 25.6 Å². The fourth-order valence-corrected chi connectivity index (χ4v) is 2.69. The van der Waals surface area contributed by atoms with E-state index in [1.165, 1.54) is 6.33 Å². The largest absolute Gasteiger partial charge is 0.365 e. The number of halogens is 1. The molecule has 2 aromatic heterocycles. The van der Waals surface area contributed by atoms with Gasteiger partial charge in [0, 0.05) is 13.6 Å². The lowest BCUT2D eigenvalue weighted by Crippen LogP contribution is -2.32. The van der Waals surface area contributed by atoms with Crippen molar-refractivity contribution in [1.29, 1.82) is 0 Å². The molecular weight excluding hydrogens is 308 g/mol. The molecule has 22 heavy (non-hydrogen) atoms. The molecule has 1 fully saturated rings. The van der Waals surface area contributed by atoms with Gasteiger partial charge in [-0.05, 0) is 19.8 Å². The minimum atomic E-state index is -0.291. The number of amides is 1. The highest BCUT2D eigenvalue weighted by molar-refractivity contribution is 6.34. The average Bonchev–Trinajstić information content (AvgIpc) is 3.22. The van der Waals surface area contributed by atoms with Gasteiger partial charge >= 0.3 is 0 Å². The minimum absolute atomic E-state index is 0.0531. The maximum absolute atomic E-state index is 12.1. The average molecular weight is 325 g/mol. The molecule has 1 saturated heterocycles. The Morgan fingerprint density at radius 2 is 2.41 bits per heavy atom. The zero-order valence-corrected chi connectivity index (χ0v) is 13.1. The topological polar surface area (TPSA) is 97.7 Å². The normalized spacial score (nSPS) is 21.2. The number of ether oxygens (including phenoxy) is 1. The zero-order valence-electron chi connectivity index (χ0n) is 12.3. The van der Waals surface area contributed by atoms with E-state index in [9.17, 15) is 4.79 Å². The zero-order chi connectivity index (χ0) is 15.7. The van der Waals surface area contributed by atoms with Crippen molar-refractivity contribution < 1.29 is 9.53 Å². The van der Waals surface area contributed by atoms with Crippen molar-refractivity contribution in [2.75, 3.05) is 6.54 Å². The number of aromatic nitrogens is 5. The second-order valence-electron chi connectivity index (χ2n) is 5.28. The van der Waals surface area contributed by atoms with Gasteiger partial charge < -0.3 is 10.1 Å². The Balaban J connectivity index is 1.55. The highest BCUT2D eigenvalue weighted by Crippen LogP contribution is 2.30. The smallest absolute Gasteiger partial charge is 0.273 e. The maximum atomic E-state index is 12.1. The molecule has 0 saturated carbocycles. The lowest BCUT2D eigenvalue weighted by atomic mass is 10.2.